The topological polar surface area (TPSA) is 23.8 Å². The quantitative estimate of drug-likeness (QED) is 0.480. The number of rotatable bonds is 0. The maximum atomic E-state index is 8.50. The van der Waals surface area contributed by atoms with Crippen molar-refractivity contribution in [3.05, 3.63) is 18.6 Å². The molecule has 1 rings (SSSR count). The van der Waals surface area contributed by atoms with Crippen LogP contribution in [-0.2, 0) is 0 Å². The fourth-order valence-electron chi connectivity index (χ4n) is 0.968. The SMILES string of the molecule is N#C[C@H]1[CH]C=CCCC1. The molecule has 0 saturated heterocycles. The van der Waals surface area contributed by atoms with E-state index in [1.165, 1.54) is 0 Å². The Labute approximate surface area is 56.0 Å². The van der Waals surface area contributed by atoms with Crippen molar-refractivity contribution in [2.45, 2.75) is 19.3 Å². The molecule has 0 saturated carbocycles. The van der Waals surface area contributed by atoms with E-state index in [9.17, 15) is 0 Å². The third kappa shape index (κ3) is 1.89. The molecule has 0 fully saturated rings. The fraction of sp³-hybridized carbons (Fsp3) is 0.500. The van der Waals surface area contributed by atoms with E-state index >= 15 is 0 Å². The molecule has 1 radical (unpaired) electrons. The van der Waals surface area contributed by atoms with Crippen LogP contribution in [0, 0.1) is 23.7 Å². The minimum Gasteiger partial charge on any atom is -0.198 e. The highest BCUT2D eigenvalue weighted by Crippen LogP contribution is 2.15. The van der Waals surface area contributed by atoms with Crippen LogP contribution in [-0.4, -0.2) is 0 Å². The van der Waals surface area contributed by atoms with Gasteiger partial charge < -0.3 is 0 Å². The van der Waals surface area contributed by atoms with Crippen molar-refractivity contribution < 1.29 is 0 Å². The Kier molecular flexibility index (Phi) is 2.32. The van der Waals surface area contributed by atoms with Crippen molar-refractivity contribution in [1.29, 1.82) is 5.26 Å². The Morgan fingerprint density at radius 3 is 3.22 bits per heavy atom. The first kappa shape index (κ1) is 6.35. The second-order valence-corrected chi connectivity index (χ2v) is 2.29. The lowest BCUT2D eigenvalue weighted by atomic mass is 10.0. The van der Waals surface area contributed by atoms with E-state index in [0.717, 1.165) is 19.3 Å². The van der Waals surface area contributed by atoms with Gasteiger partial charge >= 0.3 is 0 Å². The predicted molar refractivity (Wildman–Crippen MR) is 36.4 cm³/mol. The second-order valence-electron chi connectivity index (χ2n) is 2.29. The number of nitriles is 1. The van der Waals surface area contributed by atoms with Crippen molar-refractivity contribution in [3.8, 4) is 6.07 Å². The third-order valence-electron chi connectivity index (χ3n) is 1.53. The first-order valence-corrected chi connectivity index (χ1v) is 3.33. The standard InChI is InChI=1S/C8H10N/c9-7-8-5-3-1-2-4-6-8/h1,3,5,8H,2,4,6H2/t8-/m0/s1. The smallest absolute Gasteiger partial charge is 0.0662 e. The van der Waals surface area contributed by atoms with Crippen LogP contribution in [0.4, 0.5) is 0 Å². The van der Waals surface area contributed by atoms with Gasteiger partial charge in [-0.3, -0.25) is 0 Å². The van der Waals surface area contributed by atoms with Crippen molar-refractivity contribution in [1.82, 2.24) is 0 Å². The van der Waals surface area contributed by atoms with Crippen LogP contribution in [0.5, 0.6) is 0 Å². The van der Waals surface area contributed by atoms with Crippen LogP contribution >= 0.6 is 0 Å². The van der Waals surface area contributed by atoms with E-state index in [-0.39, 0.29) is 5.92 Å². The van der Waals surface area contributed by atoms with E-state index < -0.39 is 0 Å². The molecule has 1 nitrogen and oxygen atoms in total. The maximum Gasteiger partial charge on any atom is 0.0662 e. The highest BCUT2D eigenvalue weighted by molar-refractivity contribution is 5.07. The molecule has 0 aromatic heterocycles. The number of allylic oxidation sites excluding steroid dienone is 2. The summed E-state index contributed by atoms with van der Waals surface area (Å²) < 4.78 is 0. The van der Waals surface area contributed by atoms with Crippen LogP contribution in [0.3, 0.4) is 0 Å². The Hall–Kier alpha value is -0.770. The second kappa shape index (κ2) is 3.29. The molecule has 0 aromatic carbocycles. The minimum absolute atomic E-state index is 0.170. The average molecular weight is 120 g/mol. The predicted octanol–water partition coefficient (Wildman–Crippen LogP) is 2.07. The summed E-state index contributed by atoms with van der Waals surface area (Å²) in [5.41, 5.74) is 0. The van der Waals surface area contributed by atoms with E-state index in [0.29, 0.717) is 0 Å². The third-order valence-corrected chi connectivity index (χ3v) is 1.53. The summed E-state index contributed by atoms with van der Waals surface area (Å²) in [4.78, 5) is 0. The van der Waals surface area contributed by atoms with Gasteiger partial charge in [-0.2, -0.15) is 5.26 Å². The van der Waals surface area contributed by atoms with Crippen molar-refractivity contribution in [2.24, 2.45) is 5.92 Å². The molecule has 0 N–H and O–H groups in total. The molecule has 1 aliphatic carbocycles. The number of nitrogens with zero attached hydrogens (tertiary/aromatic N) is 1. The Morgan fingerprint density at radius 2 is 2.44 bits per heavy atom. The summed E-state index contributed by atoms with van der Waals surface area (Å²) >= 11 is 0. The van der Waals surface area contributed by atoms with Crippen LogP contribution in [0.25, 0.3) is 0 Å². The van der Waals surface area contributed by atoms with Crippen LogP contribution in [0.1, 0.15) is 19.3 Å². The number of hydrogen-bond donors (Lipinski definition) is 0. The van der Waals surface area contributed by atoms with Gasteiger partial charge in [-0.1, -0.05) is 12.2 Å². The molecule has 0 aliphatic heterocycles. The molecule has 9 heavy (non-hydrogen) atoms. The molecule has 1 aliphatic rings. The molecule has 0 spiro atoms. The minimum atomic E-state index is 0.170. The van der Waals surface area contributed by atoms with Crippen LogP contribution < -0.4 is 0 Å². The lowest BCUT2D eigenvalue weighted by molar-refractivity contribution is 0.663. The number of hydrogen-bond acceptors (Lipinski definition) is 1. The molecular formula is C8H10N. The van der Waals surface area contributed by atoms with Crippen molar-refractivity contribution >= 4 is 0 Å². The first-order chi connectivity index (χ1) is 4.43. The zero-order valence-electron chi connectivity index (χ0n) is 5.38. The largest absolute Gasteiger partial charge is 0.198 e. The average Bonchev–Trinajstić information content (AvgIpc) is 2.13. The molecular weight excluding hydrogens is 110 g/mol. The van der Waals surface area contributed by atoms with E-state index in [1.54, 1.807) is 0 Å². The molecule has 1 heteroatoms. The fourth-order valence-corrected chi connectivity index (χ4v) is 0.968. The van der Waals surface area contributed by atoms with Crippen molar-refractivity contribution in [3.63, 3.8) is 0 Å². The van der Waals surface area contributed by atoms with Crippen LogP contribution in [0.2, 0.25) is 0 Å². The molecule has 1 atom stereocenters. The molecule has 0 unspecified atom stereocenters. The summed E-state index contributed by atoms with van der Waals surface area (Å²) in [5.74, 6) is 0.170. The van der Waals surface area contributed by atoms with Gasteiger partial charge in [-0.25, -0.2) is 0 Å². The summed E-state index contributed by atoms with van der Waals surface area (Å²) in [6.45, 7) is 0. The Balaban J connectivity index is 2.40. The van der Waals surface area contributed by atoms with E-state index in [2.05, 4.69) is 12.1 Å². The van der Waals surface area contributed by atoms with E-state index in [4.69, 9.17) is 5.26 Å². The Bertz CT molecular complexity index is 141. The molecule has 47 valence electrons. The molecule has 0 aromatic rings. The lowest BCUT2D eigenvalue weighted by Gasteiger charge is -1.98. The van der Waals surface area contributed by atoms with Gasteiger partial charge in [0, 0.05) is 6.42 Å². The highest BCUT2D eigenvalue weighted by Gasteiger charge is 2.06. The summed E-state index contributed by atoms with van der Waals surface area (Å²) in [5, 5.41) is 8.50. The zero-order valence-corrected chi connectivity index (χ0v) is 5.38. The van der Waals surface area contributed by atoms with E-state index in [1.807, 2.05) is 12.5 Å². The summed E-state index contributed by atoms with van der Waals surface area (Å²) in [6, 6.07) is 2.24. The van der Waals surface area contributed by atoms with Crippen LogP contribution in [0.15, 0.2) is 12.2 Å². The van der Waals surface area contributed by atoms with Gasteiger partial charge in [-0.15, -0.1) is 0 Å². The van der Waals surface area contributed by atoms with Gasteiger partial charge in [-0.05, 0) is 19.3 Å². The summed E-state index contributed by atoms with van der Waals surface area (Å²) in [7, 11) is 0. The first-order valence-electron chi connectivity index (χ1n) is 3.33. The van der Waals surface area contributed by atoms with Gasteiger partial charge in [0.15, 0.2) is 0 Å². The van der Waals surface area contributed by atoms with Gasteiger partial charge in [0.2, 0.25) is 0 Å². The molecule has 0 amide bonds. The monoisotopic (exact) mass is 120 g/mol. The zero-order chi connectivity index (χ0) is 6.53. The molecule has 0 heterocycles. The van der Waals surface area contributed by atoms with Gasteiger partial charge in [0.25, 0.3) is 0 Å². The molecule has 0 bridgehead atoms. The maximum absolute atomic E-state index is 8.50. The Morgan fingerprint density at radius 1 is 1.56 bits per heavy atom. The van der Waals surface area contributed by atoms with Gasteiger partial charge in [0.1, 0.15) is 0 Å². The summed E-state index contributed by atoms with van der Waals surface area (Å²) in [6.07, 6.45) is 9.43. The normalized spacial score (nSPS) is 26.8. The van der Waals surface area contributed by atoms with Crippen molar-refractivity contribution in [2.75, 3.05) is 0 Å². The highest BCUT2D eigenvalue weighted by atomic mass is 14.3. The lowest BCUT2D eigenvalue weighted by Crippen LogP contribution is -1.92. The van der Waals surface area contributed by atoms with Gasteiger partial charge in [0.05, 0.1) is 12.0 Å².